The summed E-state index contributed by atoms with van der Waals surface area (Å²) in [7, 11) is 1.63. The Labute approximate surface area is 152 Å². The summed E-state index contributed by atoms with van der Waals surface area (Å²) in [5, 5.41) is 3.93. The molecule has 0 bridgehead atoms. The van der Waals surface area contributed by atoms with Gasteiger partial charge in [0, 0.05) is 18.1 Å². The fourth-order valence-electron chi connectivity index (χ4n) is 2.86. The van der Waals surface area contributed by atoms with Gasteiger partial charge >= 0.3 is 0 Å². The molecule has 1 atom stereocenters. The maximum absolute atomic E-state index is 12.6. The second-order valence-corrected chi connectivity index (χ2v) is 6.08. The van der Waals surface area contributed by atoms with Crippen LogP contribution in [-0.4, -0.2) is 19.6 Å². The number of fused-ring (bicyclic) bond motifs is 1. The van der Waals surface area contributed by atoms with Crippen LogP contribution in [0.25, 0.3) is 11.0 Å². The second kappa shape index (κ2) is 8.06. The molecule has 0 fully saturated rings. The topological polar surface area (TPSA) is 60.7 Å². The van der Waals surface area contributed by atoms with Crippen molar-refractivity contribution in [3.63, 3.8) is 0 Å². The number of furan rings is 1. The van der Waals surface area contributed by atoms with Gasteiger partial charge in [-0.1, -0.05) is 24.3 Å². The minimum Gasteiger partial charge on any atom is -0.490 e. The van der Waals surface area contributed by atoms with Crippen LogP contribution in [0.15, 0.2) is 52.9 Å². The van der Waals surface area contributed by atoms with E-state index in [0.717, 1.165) is 10.9 Å². The molecule has 0 aliphatic rings. The molecule has 1 unspecified atom stereocenters. The monoisotopic (exact) mass is 353 g/mol. The van der Waals surface area contributed by atoms with Crippen LogP contribution in [0.5, 0.6) is 5.75 Å². The molecule has 0 spiro atoms. The predicted octanol–water partition coefficient (Wildman–Crippen LogP) is 4.47. The van der Waals surface area contributed by atoms with Crippen molar-refractivity contribution in [1.82, 2.24) is 5.32 Å². The molecule has 0 aliphatic carbocycles. The first-order valence-electron chi connectivity index (χ1n) is 8.66. The predicted molar refractivity (Wildman–Crippen MR) is 100 cm³/mol. The molecule has 5 nitrogen and oxygen atoms in total. The number of para-hydroxylation sites is 1. The smallest absolute Gasteiger partial charge is 0.251 e. The molecule has 1 aromatic heterocycles. The van der Waals surface area contributed by atoms with Crippen molar-refractivity contribution in [2.24, 2.45) is 0 Å². The van der Waals surface area contributed by atoms with Crippen molar-refractivity contribution in [3.8, 4) is 5.75 Å². The summed E-state index contributed by atoms with van der Waals surface area (Å²) < 4.78 is 16.7. The summed E-state index contributed by atoms with van der Waals surface area (Å²) in [5.41, 5.74) is 2.25. The van der Waals surface area contributed by atoms with E-state index in [1.807, 2.05) is 56.3 Å². The van der Waals surface area contributed by atoms with Crippen LogP contribution in [0, 0.1) is 0 Å². The highest BCUT2D eigenvalue weighted by Gasteiger charge is 2.17. The number of hydrogen-bond acceptors (Lipinski definition) is 4. The molecule has 1 N–H and O–H groups in total. The molecule has 0 radical (unpaired) electrons. The molecule has 0 aliphatic heterocycles. The summed E-state index contributed by atoms with van der Waals surface area (Å²) in [5.74, 6) is 1.25. The number of rotatable bonds is 7. The van der Waals surface area contributed by atoms with Gasteiger partial charge in [0.2, 0.25) is 0 Å². The molecule has 3 rings (SSSR count). The molecule has 136 valence electrons. The summed E-state index contributed by atoms with van der Waals surface area (Å²) in [6, 6.07) is 14.8. The molecule has 1 amide bonds. The van der Waals surface area contributed by atoms with Crippen molar-refractivity contribution in [2.45, 2.75) is 26.5 Å². The standard InChI is InChI=1S/C21H23NO4/c1-4-25-18-10-6-8-16-12-19(26-20(16)18)14(2)22-21(23)17-9-5-7-15(11-17)13-24-3/h5-12,14H,4,13H2,1-3H3,(H,22,23). The fourth-order valence-corrected chi connectivity index (χ4v) is 2.86. The molecule has 5 heteroatoms. The maximum Gasteiger partial charge on any atom is 0.251 e. The van der Waals surface area contributed by atoms with E-state index in [9.17, 15) is 4.79 Å². The molecule has 2 aromatic carbocycles. The Morgan fingerprint density at radius 1 is 1.19 bits per heavy atom. The Hall–Kier alpha value is -2.79. The van der Waals surface area contributed by atoms with Crippen LogP contribution in [-0.2, 0) is 11.3 Å². The van der Waals surface area contributed by atoms with Crippen LogP contribution < -0.4 is 10.1 Å². The van der Waals surface area contributed by atoms with Crippen LogP contribution in [0.4, 0.5) is 0 Å². The minimum absolute atomic E-state index is 0.152. The molecule has 26 heavy (non-hydrogen) atoms. The molecule has 3 aromatic rings. The highest BCUT2D eigenvalue weighted by Crippen LogP contribution is 2.31. The van der Waals surface area contributed by atoms with Gasteiger partial charge in [0.1, 0.15) is 5.76 Å². The van der Waals surface area contributed by atoms with Gasteiger partial charge in [0.15, 0.2) is 11.3 Å². The normalized spacial score (nSPS) is 12.1. The number of benzene rings is 2. The number of ether oxygens (including phenoxy) is 2. The van der Waals surface area contributed by atoms with Crippen molar-refractivity contribution < 1.29 is 18.7 Å². The molecular formula is C21H23NO4. The zero-order valence-electron chi connectivity index (χ0n) is 15.2. The lowest BCUT2D eigenvalue weighted by molar-refractivity contribution is 0.0935. The summed E-state index contributed by atoms with van der Waals surface area (Å²) in [4.78, 5) is 12.6. The van der Waals surface area contributed by atoms with Crippen molar-refractivity contribution >= 4 is 16.9 Å². The van der Waals surface area contributed by atoms with Gasteiger partial charge in [-0.15, -0.1) is 0 Å². The van der Waals surface area contributed by atoms with Crippen LogP contribution in [0.1, 0.15) is 41.6 Å². The Bertz CT molecular complexity index is 900. The number of hydrogen-bond donors (Lipinski definition) is 1. The van der Waals surface area contributed by atoms with Gasteiger partial charge in [0.05, 0.1) is 19.3 Å². The SMILES string of the molecule is CCOc1cccc2cc(C(C)NC(=O)c3cccc(COC)c3)oc12. The largest absolute Gasteiger partial charge is 0.490 e. The quantitative estimate of drug-likeness (QED) is 0.681. The zero-order valence-corrected chi connectivity index (χ0v) is 15.2. The van der Waals surface area contributed by atoms with Crippen molar-refractivity contribution in [2.75, 3.05) is 13.7 Å². The average molecular weight is 353 g/mol. The first-order valence-corrected chi connectivity index (χ1v) is 8.66. The van der Waals surface area contributed by atoms with E-state index in [4.69, 9.17) is 13.9 Å². The van der Waals surface area contributed by atoms with Gasteiger partial charge in [-0.2, -0.15) is 0 Å². The Balaban J connectivity index is 1.78. The average Bonchev–Trinajstić information content (AvgIpc) is 3.08. The van der Waals surface area contributed by atoms with E-state index >= 15 is 0 Å². The number of methoxy groups -OCH3 is 1. The first kappa shape index (κ1) is 18.0. The van der Waals surface area contributed by atoms with Crippen molar-refractivity contribution in [1.29, 1.82) is 0 Å². The van der Waals surface area contributed by atoms with Crippen LogP contribution in [0.3, 0.4) is 0 Å². The Kier molecular flexibility index (Phi) is 5.58. The highest BCUT2D eigenvalue weighted by molar-refractivity contribution is 5.94. The van der Waals surface area contributed by atoms with E-state index in [1.165, 1.54) is 0 Å². The highest BCUT2D eigenvalue weighted by atomic mass is 16.5. The van der Waals surface area contributed by atoms with E-state index in [-0.39, 0.29) is 11.9 Å². The number of nitrogens with one attached hydrogen (secondary N) is 1. The molecule has 0 saturated heterocycles. The Morgan fingerprint density at radius 3 is 2.77 bits per heavy atom. The third-order valence-electron chi connectivity index (χ3n) is 4.10. The van der Waals surface area contributed by atoms with Crippen molar-refractivity contribution in [3.05, 3.63) is 65.4 Å². The lowest BCUT2D eigenvalue weighted by Gasteiger charge is -2.12. The second-order valence-electron chi connectivity index (χ2n) is 6.08. The third-order valence-corrected chi connectivity index (χ3v) is 4.10. The fraction of sp³-hybridized carbons (Fsp3) is 0.286. The van der Waals surface area contributed by atoms with Crippen LogP contribution in [0.2, 0.25) is 0 Å². The third kappa shape index (κ3) is 3.89. The Morgan fingerprint density at radius 2 is 2.00 bits per heavy atom. The minimum atomic E-state index is -0.268. The summed E-state index contributed by atoms with van der Waals surface area (Å²) in [6.45, 7) is 4.87. The molecule has 1 heterocycles. The number of carbonyl (C=O) groups is 1. The molecule has 0 saturated carbocycles. The maximum atomic E-state index is 12.6. The van der Waals surface area contributed by atoms with E-state index < -0.39 is 0 Å². The van der Waals surface area contributed by atoms with Gasteiger partial charge in [-0.3, -0.25) is 4.79 Å². The molecular weight excluding hydrogens is 330 g/mol. The van der Waals surface area contributed by atoms with E-state index in [1.54, 1.807) is 13.2 Å². The number of amides is 1. The summed E-state index contributed by atoms with van der Waals surface area (Å²) in [6.07, 6.45) is 0. The summed E-state index contributed by atoms with van der Waals surface area (Å²) >= 11 is 0. The van der Waals surface area contributed by atoms with E-state index in [0.29, 0.717) is 35.9 Å². The van der Waals surface area contributed by atoms with Gasteiger partial charge in [0.25, 0.3) is 5.91 Å². The van der Waals surface area contributed by atoms with Gasteiger partial charge in [-0.25, -0.2) is 0 Å². The first-order chi connectivity index (χ1) is 12.6. The number of carbonyl (C=O) groups excluding carboxylic acids is 1. The van der Waals surface area contributed by atoms with Gasteiger partial charge in [-0.05, 0) is 43.7 Å². The van der Waals surface area contributed by atoms with Gasteiger partial charge < -0.3 is 19.2 Å². The lowest BCUT2D eigenvalue weighted by atomic mass is 10.1. The lowest BCUT2D eigenvalue weighted by Crippen LogP contribution is -2.26. The zero-order chi connectivity index (χ0) is 18.5. The van der Waals surface area contributed by atoms with Crippen LogP contribution >= 0.6 is 0 Å². The van der Waals surface area contributed by atoms with E-state index in [2.05, 4.69) is 5.32 Å².